The van der Waals surface area contributed by atoms with E-state index in [1.165, 1.54) is 5.56 Å². The van der Waals surface area contributed by atoms with Crippen LogP contribution in [0.1, 0.15) is 45.2 Å². The van der Waals surface area contributed by atoms with Gasteiger partial charge in [-0.25, -0.2) is 0 Å². The Morgan fingerprint density at radius 1 is 1.29 bits per heavy atom. The minimum Gasteiger partial charge on any atom is -0.493 e. The number of ether oxygens (including phenoxy) is 2. The molecule has 1 aromatic carbocycles. The van der Waals surface area contributed by atoms with Crippen molar-refractivity contribution in [3.05, 3.63) is 23.8 Å². The van der Waals surface area contributed by atoms with Gasteiger partial charge >= 0.3 is 0 Å². The molecule has 1 aliphatic carbocycles. The molecule has 4 nitrogen and oxygen atoms in total. The predicted molar refractivity (Wildman–Crippen MR) is 83.9 cm³/mol. The Kier molecular flexibility index (Phi) is 4.79. The SMILES string of the molecule is CCC(NC1CC(O)C1(C)C)c1ccc(OC)c(OC)c1. The van der Waals surface area contributed by atoms with Gasteiger partial charge in [-0.1, -0.05) is 26.8 Å². The Labute approximate surface area is 127 Å². The molecule has 0 amide bonds. The highest BCUT2D eigenvalue weighted by atomic mass is 16.5. The van der Waals surface area contributed by atoms with Gasteiger partial charge in [0.25, 0.3) is 0 Å². The van der Waals surface area contributed by atoms with Crippen LogP contribution >= 0.6 is 0 Å². The number of methoxy groups -OCH3 is 2. The molecule has 0 radical (unpaired) electrons. The van der Waals surface area contributed by atoms with Gasteiger partial charge in [0.2, 0.25) is 0 Å². The number of hydrogen-bond donors (Lipinski definition) is 2. The second kappa shape index (κ2) is 6.24. The van der Waals surface area contributed by atoms with E-state index in [-0.39, 0.29) is 17.6 Å². The van der Waals surface area contributed by atoms with Crippen LogP contribution < -0.4 is 14.8 Å². The Morgan fingerprint density at radius 3 is 2.43 bits per heavy atom. The van der Waals surface area contributed by atoms with Crippen molar-refractivity contribution in [3.8, 4) is 11.5 Å². The maximum absolute atomic E-state index is 9.88. The molecule has 0 spiro atoms. The smallest absolute Gasteiger partial charge is 0.161 e. The number of benzene rings is 1. The minimum atomic E-state index is -0.210. The van der Waals surface area contributed by atoms with Crippen LogP contribution in [0.3, 0.4) is 0 Å². The van der Waals surface area contributed by atoms with E-state index in [9.17, 15) is 5.11 Å². The lowest BCUT2D eigenvalue weighted by Crippen LogP contribution is -2.60. The lowest BCUT2D eigenvalue weighted by Gasteiger charge is -2.51. The van der Waals surface area contributed by atoms with E-state index in [0.717, 1.165) is 24.3 Å². The molecule has 0 aliphatic heterocycles. The fourth-order valence-electron chi connectivity index (χ4n) is 2.95. The zero-order valence-electron chi connectivity index (χ0n) is 13.6. The summed E-state index contributed by atoms with van der Waals surface area (Å²) in [5.41, 5.74) is 1.12. The quantitative estimate of drug-likeness (QED) is 0.847. The highest BCUT2D eigenvalue weighted by Gasteiger charge is 2.47. The second-order valence-electron chi connectivity index (χ2n) is 6.37. The van der Waals surface area contributed by atoms with E-state index >= 15 is 0 Å². The van der Waals surface area contributed by atoms with E-state index in [4.69, 9.17) is 9.47 Å². The molecule has 4 heteroatoms. The molecule has 0 aromatic heterocycles. The van der Waals surface area contributed by atoms with E-state index in [1.807, 2.05) is 12.1 Å². The normalized spacial score (nSPS) is 25.0. The first-order valence-corrected chi connectivity index (χ1v) is 7.60. The van der Waals surface area contributed by atoms with Gasteiger partial charge in [-0.2, -0.15) is 0 Å². The first-order valence-electron chi connectivity index (χ1n) is 7.60. The molecule has 3 unspecified atom stereocenters. The summed E-state index contributed by atoms with van der Waals surface area (Å²) < 4.78 is 10.7. The van der Waals surface area contributed by atoms with E-state index in [1.54, 1.807) is 14.2 Å². The third-order valence-corrected chi connectivity index (χ3v) is 4.84. The minimum absolute atomic E-state index is 0.0655. The molecule has 0 bridgehead atoms. The van der Waals surface area contributed by atoms with Gasteiger partial charge in [-0.3, -0.25) is 0 Å². The average molecular weight is 293 g/mol. The molecule has 1 aromatic rings. The Balaban J connectivity index is 2.15. The van der Waals surface area contributed by atoms with Crippen LogP contribution in [0.2, 0.25) is 0 Å². The van der Waals surface area contributed by atoms with E-state index in [0.29, 0.717) is 6.04 Å². The fraction of sp³-hybridized carbons (Fsp3) is 0.647. The van der Waals surface area contributed by atoms with Crippen molar-refractivity contribution in [3.63, 3.8) is 0 Å². The van der Waals surface area contributed by atoms with Gasteiger partial charge in [0.15, 0.2) is 11.5 Å². The van der Waals surface area contributed by atoms with Crippen molar-refractivity contribution < 1.29 is 14.6 Å². The van der Waals surface area contributed by atoms with Gasteiger partial charge in [-0.05, 0) is 30.5 Å². The van der Waals surface area contributed by atoms with Crippen LogP contribution in [-0.2, 0) is 0 Å². The third kappa shape index (κ3) is 3.01. The fourth-order valence-corrected chi connectivity index (χ4v) is 2.95. The van der Waals surface area contributed by atoms with Crippen LogP contribution in [0.5, 0.6) is 11.5 Å². The average Bonchev–Trinajstić information content (AvgIpc) is 2.50. The summed E-state index contributed by atoms with van der Waals surface area (Å²) in [5, 5.41) is 13.5. The molecule has 1 fully saturated rings. The maximum atomic E-state index is 9.88. The first kappa shape index (κ1) is 16.1. The van der Waals surface area contributed by atoms with Crippen LogP contribution in [0.25, 0.3) is 0 Å². The Morgan fingerprint density at radius 2 is 1.95 bits per heavy atom. The monoisotopic (exact) mass is 293 g/mol. The number of rotatable bonds is 6. The highest BCUT2D eigenvalue weighted by Crippen LogP contribution is 2.42. The first-order chi connectivity index (χ1) is 9.93. The maximum Gasteiger partial charge on any atom is 0.161 e. The number of hydrogen-bond acceptors (Lipinski definition) is 4. The molecule has 21 heavy (non-hydrogen) atoms. The van der Waals surface area contributed by atoms with Crippen molar-refractivity contribution >= 4 is 0 Å². The summed E-state index contributed by atoms with van der Waals surface area (Å²) in [6.45, 7) is 6.39. The third-order valence-electron chi connectivity index (χ3n) is 4.84. The number of aliphatic hydroxyl groups is 1. The largest absolute Gasteiger partial charge is 0.493 e. The topological polar surface area (TPSA) is 50.7 Å². The molecule has 0 heterocycles. The lowest BCUT2D eigenvalue weighted by atomic mass is 9.64. The summed E-state index contributed by atoms with van der Waals surface area (Å²) in [6.07, 6.45) is 1.59. The molecule has 1 saturated carbocycles. The van der Waals surface area contributed by atoms with Gasteiger partial charge in [0, 0.05) is 17.5 Å². The van der Waals surface area contributed by atoms with E-state index < -0.39 is 0 Å². The molecule has 0 saturated heterocycles. The summed E-state index contributed by atoms with van der Waals surface area (Å²) in [6, 6.07) is 6.64. The van der Waals surface area contributed by atoms with Gasteiger partial charge < -0.3 is 19.9 Å². The van der Waals surface area contributed by atoms with Gasteiger partial charge in [-0.15, -0.1) is 0 Å². The van der Waals surface area contributed by atoms with Crippen molar-refractivity contribution in [2.45, 2.75) is 51.8 Å². The molecule has 118 valence electrons. The molecule has 2 rings (SSSR count). The van der Waals surface area contributed by atoms with Crippen molar-refractivity contribution in [2.75, 3.05) is 14.2 Å². The molecule has 1 aliphatic rings. The van der Waals surface area contributed by atoms with Crippen LogP contribution in [0.15, 0.2) is 18.2 Å². The highest BCUT2D eigenvalue weighted by molar-refractivity contribution is 5.43. The molecular formula is C17H27NO3. The molecule has 3 atom stereocenters. The summed E-state index contributed by atoms with van der Waals surface area (Å²) in [7, 11) is 3.30. The zero-order valence-corrected chi connectivity index (χ0v) is 13.6. The lowest BCUT2D eigenvalue weighted by molar-refractivity contribution is -0.0762. The van der Waals surface area contributed by atoms with Crippen LogP contribution in [-0.4, -0.2) is 31.5 Å². The predicted octanol–water partition coefficient (Wildman–Crippen LogP) is 2.90. The zero-order chi connectivity index (χ0) is 15.6. The van der Waals surface area contributed by atoms with E-state index in [2.05, 4.69) is 32.2 Å². The Hall–Kier alpha value is -1.26. The van der Waals surface area contributed by atoms with Crippen molar-refractivity contribution in [1.29, 1.82) is 0 Å². The van der Waals surface area contributed by atoms with Crippen LogP contribution in [0.4, 0.5) is 0 Å². The number of aliphatic hydroxyl groups excluding tert-OH is 1. The number of nitrogens with one attached hydrogen (secondary N) is 1. The molecule has 2 N–H and O–H groups in total. The summed E-state index contributed by atoms with van der Waals surface area (Å²) in [4.78, 5) is 0. The van der Waals surface area contributed by atoms with Crippen molar-refractivity contribution in [1.82, 2.24) is 5.32 Å². The standard InChI is InChI=1S/C17H27NO3/c1-6-12(18-15-10-16(19)17(15,2)3)11-7-8-13(20-4)14(9-11)21-5/h7-9,12,15-16,18-19H,6,10H2,1-5H3. The van der Waals surface area contributed by atoms with Crippen molar-refractivity contribution in [2.24, 2.45) is 5.41 Å². The van der Waals surface area contributed by atoms with Crippen LogP contribution in [0, 0.1) is 5.41 Å². The van der Waals surface area contributed by atoms with Gasteiger partial charge in [0.1, 0.15) is 0 Å². The Bertz CT molecular complexity index is 487. The second-order valence-corrected chi connectivity index (χ2v) is 6.37. The molecular weight excluding hydrogens is 266 g/mol. The summed E-state index contributed by atoms with van der Waals surface area (Å²) in [5.74, 6) is 1.50. The van der Waals surface area contributed by atoms with Gasteiger partial charge in [0.05, 0.1) is 20.3 Å². The summed E-state index contributed by atoms with van der Waals surface area (Å²) >= 11 is 0.